The molecule has 164 valence electrons. The quantitative estimate of drug-likeness (QED) is 0.597. The van der Waals surface area contributed by atoms with Crippen LogP contribution in [-0.2, 0) is 26.6 Å². The molecule has 1 saturated heterocycles. The summed E-state index contributed by atoms with van der Waals surface area (Å²) in [5.74, 6) is 2.50. The molecule has 0 aliphatic carbocycles. The maximum absolute atomic E-state index is 5.64. The van der Waals surface area contributed by atoms with Crippen molar-refractivity contribution in [1.29, 1.82) is 0 Å². The van der Waals surface area contributed by atoms with Gasteiger partial charge in [-0.3, -0.25) is 4.90 Å². The van der Waals surface area contributed by atoms with Crippen molar-refractivity contribution in [3.63, 3.8) is 0 Å². The molecule has 0 amide bonds. The van der Waals surface area contributed by atoms with Crippen LogP contribution in [0, 0.1) is 0 Å². The van der Waals surface area contributed by atoms with Gasteiger partial charge in [0.15, 0.2) is 5.82 Å². The van der Waals surface area contributed by atoms with Gasteiger partial charge in [0, 0.05) is 38.4 Å². The van der Waals surface area contributed by atoms with Crippen molar-refractivity contribution in [2.24, 2.45) is 12.8 Å². The zero-order valence-corrected chi connectivity index (χ0v) is 19.0. The zero-order chi connectivity index (χ0) is 19.3. The van der Waals surface area contributed by atoms with Gasteiger partial charge in [-0.05, 0) is 43.5 Å². The third-order valence-electron chi connectivity index (χ3n) is 5.61. The number of halogens is 2. The Labute approximate surface area is 190 Å². The molecule has 0 bridgehead atoms. The molecule has 1 fully saturated rings. The first-order valence-electron chi connectivity index (χ1n) is 10.1. The van der Waals surface area contributed by atoms with Crippen LogP contribution in [0.2, 0.25) is 0 Å². The van der Waals surface area contributed by atoms with E-state index in [-0.39, 0.29) is 24.8 Å². The van der Waals surface area contributed by atoms with Crippen LogP contribution >= 0.6 is 24.8 Å². The molecule has 3 aromatic rings. The highest BCUT2D eigenvalue weighted by molar-refractivity contribution is 5.85. The first-order chi connectivity index (χ1) is 13.7. The summed E-state index contributed by atoms with van der Waals surface area (Å²) in [6.07, 6.45) is 8.87. The van der Waals surface area contributed by atoms with Crippen molar-refractivity contribution < 1.29 is 0 Å². The summed E-state index contributed by atoms with van der Waals surface area (Å²) in [6.45, 7) is 4.56. The van der Waals surface area contributed by atoms with Gasteiger partial charge in [-0.2, -0.15) is 0 Å². The van der Waals surface area contributed by atoms with Crippen molar-refractivity contribution in [3.05, 3.63) is 65.8 Å². The Balaban J connectivity index is 0.00000160. The number of likely N-dealkylation sites (tertiary alicyclic amines) is 1. The molecule has 1 aromatic carbocycles. The first kappa shape index (κ1) is 24.3. The summed E-state index contributed by atoms with van der Waals surface area (Å²) >= 11 is 0. The second kappa shape index (κ2) is 11.5. The van der Waals surface area contributed by atoms with Gasteiger partial charge < -0.3 is 14.9 Å². The lowest BCUT2D eigenvalue weighted by atomic mass is 9.96. The molecule has 0 radical (unpaired) electrons. The topological polar surface area (TPSA) is 77.8 Å². The molecule has 1 atom stereocenters. The molecule has 2 aromatic heterocycles. The van der Waals surface area contributed by atoms with Crippen LogP contribution in [0.4, 0.5) is 0 Å². The van der Waals surface area contributed by atoms with Crippen molar-refractivity contribution in [2.45, 2.75) is 38.3 Å². The zero-order valence-electron chi connectivity index (χ0n) is 17.4. The Kier molecular flexibility index (Phi) is 9.30. The van der Waals surface area contributed by atoms with E-state index in [4.69, 9.17) is 5.73 Å². The van der Waals surface area contributed by atoms with Crippen molar-refractivity contribution in [1.82, 2.24) is 29.2 Å². The Bertz CT molecular complexity index is 877. The van der Waals surface area contributed by atoms with E-state index in [0.29, 0.717) is 19.0 Å². The van der Waals surface area contributed by atoms with Crippen LogP contribution in [0.15, 0.2) is 43.0 Å². The van der Waals surface area contributed by atoms with Gasteiger partial charge in [0.2, 0.25) is 0 Å². The van der Waals surface area contributed by atoms with E-state index in [1.54, 1.807) is 6.20 Å². The van der Waals surface area contributed by atoms with Crippen LogP contribution in [-0.4, -0.2) is 48.8 Å². The molecule has 1 aliphatic heterocycles. The number of nitrogens with zero attached hydrogens (tertiary/aromatic N) is 6. The number of benzene rings is 1. The fraction of sp³-hybridized carbons (Fsp3) is 0.476. The van der Waals surface area contributed by atoms with Crippen LogP contribution < -0.4 is 5.73 Å². The number of hydrogen-bond acceptors (Lipinski definition) is 5. The highest BCUT2D eigenvalue weighted by Crippen LogP contribution is 2.27. The minimum atomic E-state index is 0. The summed E-state index contributed by atoms with van der Waals surface area (Å²) < 4.78 is 4.19. The Morgan fingerprint density at radius 1 is 1.07 bits per heavy atom. The van der Waals surface area contributed by atoms with Crippen LogP contribution in [0.1, 0.15) is 41.5 Å². The third kappa shape index (κ3) is 5.82. The maximum atomic E-state index is 5.64. The van der Waals surface area contributed by atoms with E-state index in [1.165, 1.54) is 24.0 Å². The summed E-state index contributed by atoms with van der Waals surface area (Å²) in [7, 11) is 2.08. The van der Waals surface area contributed by atoms with Crippen molar-refractivity contribution in [3.8, 4) is 0 Å². The predicted molar refractivity (Wildman–Crippen MR) is 123 cm³/mol. The molecule has 1 unspecified atom stereocenters. The minimum absolute atomic E-state index is 0. The maximum Gasteiger partial charge on any atom is 0.152 e. The fourth-order valence-corrected chi connectivity index (χ4v) is 4.06. The second-order valence-corrected chi connectivity index (χ2v) is 7.70. The lowest BCUT2D eigenvalue weighted by Crippen LogP contribution is -2.34. The summed E-state index contributed by atoms with van der Waals surface area (Å²) in [6, 6.07) is 8.88. The van der Waals surface area contributed by atoms with Gasteiger partial charge >= 0.3 is 0 Å². The average Bonchev–Trinajstić information content (AvgIpc) is 3.35. The second-order valence-electron chi connectivity index (χ2n) is 7.70. The van der Waals surface area contributed by atoms with E-state index in [2.05, 4.69) is 56.0 Å². The predicted octanol–water partition coefficient (Wildman–Crippen LogP) is 2.78. The minimum Gasteiger partial charge on any atom is -0.330 e. The summed E-state index contributed by atoms with van der Waals surface area (Å²) in [4.78, 5) is 6.64. The highest BCUT2D eigenvalue weighted by atomic mass is 35.5. The molecule has 1 aliphatic rings. The monoisotopic (exact) mass is 451 g/mol. The third-order valence-corrected chi connectivity index (χ3v) is 5.61. The molecule has 0 saturated carbocycles. The normalized spacial score (nSPS) is 16.7. The number of imidazole rings is 1. The van der Waals surface area contributed by atoms with Gasteiger partial charge in [-0.25, -0.2) is 4.98 Å². The Hall–Kier alpha value is -1.93. The molecule has 0 spiro atoms. The van der Waals surface area contributed by atoms with E-state index < -0.39 is 0 Å². The summed E-state index contributed by atoms with van der Waals surface area (Å²) in [5.41, 5.74) is 8.32. The van der Waals surface area contributed by atoms with Gasteiger partial charge in [-0.15, -0.1) is 35.0 Å². The first-order valence-corrected chi connectivity index (χ1v) is 10.1. The van der Waals surface area contributed by atoms with E-state index in [9.17, 15) is 0 Å². The molecule has 3 heterocycles. The molecular formula is C21H31Cl2N7. The largest absolute Gasteiger partial charge is 0.330 e. The lowest BCUT2D eigenvalue weighted by molar-refractivity contribution is 0.195. The Morgan fingerprint density at radius 2 is 1.83 bits per heavy atom. The molecule has 9 heteroatoms. The fourth-order valence-electron chi connectivity index (χ4n) is 4.06. The number of hydrogen-bond donors (Lipinski definition) is 1. The lowest BCUT2D eigenvalue weighted by Gasteiger charge is -2.32. The molecule has 30 heavy (non-hydrogen) atoms. The Morgan fingerprint density at radius 3 is 2.53 bits per heavy atom. The van der Waals surface area contributed by atoms with Crippen LogP contribution in [0.25, 0.3) is 0 Å². The number of piperidine rings is 1. The van der Waals surface area contributed by atoms with Gasteiger partial charge in [0.25, 0.3) is 0 Å². The smallest absolute Gasteiger partial charge is 0.152 e. The molecule has 2 N–H and O–H groups in total. The van der Waals surface area contributed by atoms with Gasteiger partial charge in [0.05, 0.1) is 12.9 Å². The number of rotatable bonds is 7. The molecular weight excluding hydrogens is 421 g/mol. The van der Waals surface area contributed by atoms with E-state index in [1.807, 2.05) is 17.1 Å². The molecule has 7 nitrogen and oxygen atoms in total. The SMILES string of the molecule is Cl.Cl.Cn1c(Cn2ccnc2)nnc1C1CCCN(Cc2ccc(CCN)cc2)C1. The van der Waals surface area contributed by atoms with E-state index in [0.717, 1.165) is 37.7 Å². The number of aromatic nitrogens is 5. The average molecular weight is 452 g/mol. The van der Waals surface area contributed by atoms with Crippen molar-refractivity contribution in [2.75, 3.05) is 19.6 Å². The number of nitrogens with two attached hydrogens (primary N) is 1. The van der Waals surface area contributed by atoms with Crippen LogP contribution in [0.5, 0.6) is 0 Å². The summed E-state index contributed by atoms with van der Waals surface area (Å²) in [5, 5.41) is 8.97. The van der Waals surface area contributed by atoms with Gasteiger partial charge in [0.1, 0.15) is 5.82 Å². The van der Waals surface area contributed by atoms with Gasteiger partial charge in [-0.1, -0.05) is 24.3 Å². The van der Waals surface area contributed by atoms with E-state index >= 15 is 0 Å². The highest BCUT2D eigenvalue weighted by Gasteiger charge is 2.26. The van der Waals surface area contributed by atoms with Crippen LogP contribution in [0.3, 0.4) is 0 Å². The standard InChI is InChI=1S/C21H29N7.2ClH/c1-26-20(15-28-12-10-23-16-28)24-25-21(26)19-3-2-11-27(14-19)13-18-6-4-17(5-7-18)8-9-22;;/h4-7,10,12,16,19H,2-3,8-9,11,13-15,22H2,1H3;2*1H. The molecule has 4 rings (SSSR count). The van der Waals surface area contributed by atoms with Crippen molar-refractivity contribution >= 4 is 24.8 Å².